The number of amides is 3. The van der Waals surface area contributed by atoms with E-state index in [1.165, 1.54) is 12.8 Å². The fourth-order valence-corrected chi connectivity index (χ4v) is 2.87. The van der Waals surface area contributed by atoms with Gasteiger partial charge in [0, 0.05) is 25.7 Å². The Morgan fingerprint density at radius 2 is 1.89 bits per heavy atom. The van der Waals surface area contributed by atoms with Gasteiger partial charge in [-0.1, -0.05) is 12.8 Å². The van der Waals surface area contributed by atoms with Crippen molar-refractivity contribution in [3.63, 3.8) is 0 Å². The van der Waals surface area contributed by atoms with Crippen LogP contribution in [0.25, 0.3) is 0 Å². The number of nitrogens with one attached hydrogen (secondary N) is 1. The maximum absolute atomic E-state index is 12.6. The summed E-state index contributed by atoms with van der Waals surface area (Å²) >= 11 is 0. The first-order valence-corrected chi connectivity index (χ1v) is 7.23. The van der Waals surface area contributed by atoms with Gasteiger partial charge in [-0.25, -0.2) is 4.79 Å². The van der Waals surface area contributed by atoms with Gasteiger partial charge in [-0.2, -0.15) is 0 Å². The smallest absolute Gasteiger partial charge is 0.320 e. The SMILES string of the molecule is NC(=O)CN(C(=O)N1CCCCCC1)C1CCNC1. The second kappa shape index (κ2) is 6.75. The molecule has 2 aliphatic heterocycles. The van der Waals surface area contributed by atoms with Crippen molar-refractivity contribution in [2.75, 3.05) is 32.7 Å². The zero-order valence-corrected chi connectivity index (χ0v) is 11.4. The third-order valence-corrected chi connectivity index (χ3v) is 3.92. The quantitative estimate of drug-likeness (QED) is 0.764. The summed E-state index contributed by atoms with van der Waals surface area (Å²) in [4.78, 5) is 27.3. The molecule has 0 bridgehead atoms. The first-order chi connectivity index (χ1) is 9.18. The molecule has 1 atom stereocenters. The average molecular weight is 268 g/mol. The van der Waals surface area contributed by atoms with Gasteiger partial charge in [0.05, 0.1) is 0 Å². The highest BCUT2D eigenvalue weighted by Gasteiger charge is 2.30. The number of nitrogens with two attached hydrogens (primary N) is 1. The fourth-order valence-electron chi connectivity index (χ4n) is 2.87. The van der Waals surface area contributed by atoms with E-state index in [0.717, 1.165) is 45.4 Å². The van der Waals surface area contributed by atoms with Crippen molar-refractivity contribution in [2.24, 2.45) is 5.73 Å². The van der Waals surface area contributed by atoms with E-state index in [9.17, 15) is 9.59 Å². The second-order valence-electron chi connectivity index (χ2n) is 5.42. The highest BCUT2D eigenvalue weighted by Crippen LogP contribution is 2.15. The molecule has 0 aromatic heterocycles. The number of nitrogens with zero attached hydrogens (tertiary/aromatic N) is 2. The van der Waals surface area contributed by atoms with Crippen LogP contribution in [-0.2, 0) is 4.79 Å². The Morgan fingerprint density at radius 1 is 1.21 bits per heavy atom. The summed E-state index contributed by atoms with van der Waals surface area (Å²) in [5, 5.41) is 3.23. The van der Waals surface area contributed by atoms with Gasteiger partial charge in [-0.3, -0.25) is 4.79 Å². The summed E-state index contributed by atoms with van der Waals surface area (Å²) in [7, 11) is 0. The van der Waals surface area contributed by atoms with Crippen LogP contribution in [0.4, 0.5) is 4.79 Å². The van der Waals surface area contributed by atoms with E-state index in [1.807, 2.05) is 4.90 Å². The Hall–Kier alpha value is -1.30. The molecule has 2 heterocycles. The first-order valence-electron chi connectivity index (χ1n) is 7.23. The average Bonchev–Trinajstić information content (AvgIpc) is 2.77. The third kappa shape index (κ3) is 3.83. The van der Waals surface area contributed by atoms with E-state index in [2.05, 4.69) is 5.32 Å². The fraction of sp³-hybridized carbons (Fsp3) is 0.846. The number of urea groups is 1. The van der Waals surface area contributed by atoms with Crippen LogP contribution >= 0.6 is 0 Å². The molecule has 1 unspecified atom stereocenters. The number of carbonyl (C=O) groups is 2. The van der Waals surface area contributed by atoms with Gasteiger partial charge in [0.25, 0.3) is 0 Å². The van der Waals surface area contributed by atoms with Crippen LogP contribution in [0.3, 0.4) is 0 Å². The molecular formula is C13H24N4O2. The van der Waals surface area contributed by atoms with Crippen molar-refractivity contribution in [3.8, 4) is 0 Å². The molecule has 0 aliphatic carbocycles. The molecule has 0 saturated carbocycles. The molecule has 2 saturated heterocycles. The summed E-state index contributed by atoms with van der Waals surface area (Å²) in [6, 6.07) is 0.0812. The van der Waals surface area contributed by atoms with E-state index in [-0.39, 0.29) is 18.6 Å². The molecule has 2 rings (SSSR count). The zero-order chi connectivity index (χ0) is 13.7. The summed E-state index contributed by atoms with van der Waals surface area (Å²) in [6.07, 6.45) is 5.38. The third-order valence-electron chi connectivity index (χ3n) is 3.92. The van der Waals surface area contributed by atoms with Gasteiger partial charge in [0.2, 0.25) is 5.91 Å². The minimum Gasteiger partial charge on any atom is -0.368 e. The highest BCUT2D eigenvalue weighted by atomic mass is 16.2. The molecule has 6 nitrogen and oxygen atoms in total. The summed E-state index contributed by atoms with van der Waals surface area (Å²) in [5.74, 6) is -0.435. The van der Waals surface area contributed by atoms with Gasteiger partial charge in [0.15, 0.2) is 0 Å². The van der Waals surface area contributed by atoms with Crippen molar-refractivity contribution in [1.29, 1.82) is 0 Å². The van der Waals surface area contributed by atoms with Crippen molar-refractivity contribution >= 4 is 11.9 Å². The van der Waals surface area contributed by atoms with Crippen LogP contribution in [0, 0.1) is 0 Å². The predicted octanol–water partition coefficient (Wildman–Crippen LogP) is 0.132. The molecule has 3 N–H and O–H groups in total. The molecule has 2 aliphatic rings. The van der Waals surface area contributed by atoms with Crippen molar-refractivity contribution in [1.82, 2.24) is 15.1 Å². The number of carbonyl (C=O) groups excluding carboxylic acids is 2. The maximum Gasteiger partial charge on any atom is 0.320 e. The summed E-state index contributed by atoms with van der Waals surface area (Å²) in [5.41, 5.74) is 5.29. The topological polar surface area (TPSA) is 78.7 Å². The molecule has 2 fully saturated rings. The number of hydrogen-bond acceptors (Lipinski definition) is 3. The number of primary amides is 1. The standard InChI is InChI=1S/C13H24N4O2/c14-12(18)10-17(11-5-6-15-9-11)13(19)16-7-3-1-2-4-8-16/h11,15H,1-10H2,(H2,14,18). The molecule has 6 heteroatoms. The lowest BCUT2D eigenvalue weighted by atomic mass is 10.2. The highest BCUT2D eigenvalue weighted by molar-refractivity contribution is 5.83. The van der Waals surface area contributed by atoms with E-state index in [1.54, 1.807) is 4.90 Å². The van der Waals surface area contributed by atoms with Crippen LogP contribution in [0.2, 0.25) is 0 Å². The maximum atomic E-state index is 12.6. The lowest BCUT2D eigenvalue weighted by Crippen LogP contribution is -2.52. The zero-order valence-electron chi connectivity index (χ0n) is 11.4. The van der Waals surface area contributed by atoms with Gasteiger partial charge in [-0.15, -0.1) is 0 Å². The number of hydrogen-bond donors (Lipinski definition) is 2. The molecule has 0 aromatic rings. The lowest BCUT2D eigenvalue weighted by molar-refractivity contribution is -0.119. The van der Waals surface area contributed by atoms with E-state index in [0.29, 0.717) is 0 Å². The van der Waals surface area contributed by atoms with Gasteiger partial charge in [0.1, 0.15) is 6.54 Å². The Labute approximate surface area is 114 Å². The van der Waals surface area contributed by atoms with Crippen LogP contribution in [0.1, 0.15) is 32.1 Å². The molecule has 19 heavy (non-hydrogen) atoms. The largest absolute Gasteiger partial charge is 0.368 e. The van der Waals surface area contributed by atoms with Crippen LogP contribution in [0.15, 0.2) is 0 Å². The number of rotatable bonds is 3. The predicted molar refractivity (Wildman–Crippen MR) is 72.6 cm³/mol. The lowest BCUT2D eigenvalue weighted by Gasteiger charge is -2.33. The molecular weight excluding hydrogens is 244 g/mol. The minimum absolute atomic E-state index is 0.0191. The van der Waals surface area contributed by atoms with Crippen molar-refractivity contribution < 1.29 is 9.59 Å². The van der Waals surface area contributed by atoms with Gasteiger partial charge >= 0.3 is 6.03 Å². The van der Waals surface area contributed by atoms with Crippen LogP contribution in [-0.4, -0.2) is 60.5 Å². The minimum atomic E-state index is -0.435. The van der Waals surface area contributed by atoms with E-state index >= 15 is 0 Å². The summed E-state index contributed by atoms with van der Waals surface area (Å²) < 4.78 is 0. The first kappa shape index (κ1) is 14.1. The van der Waals surface area contributed by atoms with E-state index in [4.69, 9.17) is 5.73 Å². The Balaban J connectivity index is 2.02. The number of likely N-dealkylation sites (tertiary alicyclic amines) is 1. The monoisotopic (exact) mass is 268 g/mol. The van der Waals surface area contributed by atoms with Crippen LogP contribution < -0.4 is 11.1 Å². The van der Waals surface area contributed by atoms with Gasteiger partial charge < -0.3 is 20.9 Å². The van der Waals surface area contributed by atoms with Crippen molar-refractivity contribution in [2.45, 2.75) is 38.1 Å². The molecule has 108 valence electrons. The molecule has 0 spiro atoms. The Kier molecular flexibility index (Phi) is 5.01. The van der Waals surface area contributed by atoms with Crippen LogP contribution in [0.5, 0.6) is 0 Å². The Bertz CT molecular complexity index is 321. The Morgan fingerprint density at radius 3 is 2.42 bits per heavy atom. The normalized spacial score (nSPS) is 24.0. The second-order valence-corrected chi connectivity index (χ2v) is 5.42. The molecule has 0 aromatic carbocycles. The van der Waals surface area contributed by atoms with Crippen molar-refractivity contribution in [3.05, 3.63) is 0 Å². The molecule has 0 radical (unpaired) electrons. The van der Waals surface area contributed by atoms with Gasteiger partial charge in [-0.05, 0) is 25.8 Å². The molecule has 3 amide bonds. The van der Waals surface area contributed by atoms with E-state index < -0.39 is 5.91 Å². The summed E-state index contributed by atoms with van der Waals surface area (Å²) in [6.45, 7) is 3.28.